The molecule has 5 nitrogen and oxygen atoms in total. The Morgan fingerprint density at radius 1 is 1.07 bits per heavy atom. The van der Waals surface area contributed by atoms with Crippen molar-refractivity contribution in [2.75, 3.05) is 13.1 Å². The first-order valence-electron chi connectivity index (χ1n) is 5.61. The molecule has 1 N–H and O–H groups in total. The molecule has 0 amide bonds. The van der Waals surface area contributed by atoms with Crippen LogP contribution in [0.1, 0.15) is 38.5 Å². The largest absolute Gasteiger partial charge is 0.301 e. The molecule has 0 bridgehead atoms. The molecule has 2 fully saturated rings. The first-order valence-corrected chi connectivity index (χ1v) is 7.05. The average molecular weight is 234 g/mol. The first-order chi connectivity index (χ1) is 7.18. The van der Waals surface area contributed by atoms with Crippen molar-refractivity contribution in [3.63, 3.8) is 0 Å². The van der Waals surface area contributed by atoms with Crippen LogP contribution in [-0.2, 0) is 15.0 Å². The molecule has 0 spiro atoms. The minimum atomic E-state index is -3.39. The Morgan fingerprint density at radius 3 is 2.27 bits per heavy atom. The van der Waals surface area contributed by atoms with Crippen molar-refractivity contribution in [2.24, 2.45) is 0 Å². The molecule has 0 unspecified atom stereocenters. The third kappa shape index (κ3) is 2.90. The molecule has 0 atom stereocenters. The van der Waals surface area contributed by atoms with Gasteiger partial charge in [-0.1, -0.05) is 17.7 Å². The smallest absolute Gasteiger partial charge is 0.283 e. The summed E-state index contributed by atoms with van der Waals surface area (Å²) in [4.78, 5) is 7.44. The van der Waals surface area contributed by atoms with Crippen LogP contribution in [0.2, 0.25) is 0 Å². The second-order valence-corrected chi connectivity index (χ2v) is 5.85. The van der Waals surface area contributed by atoms with E-state index in [1.807, 2.05) is 0 Å². The number of rotatable bonds is 4. The summed E-state index contributed by atoms with van der Waals surface area (Å²) >= 11 is 0. The lowest BCUT2D eigenvalue weighted by atomic mass is 10.3. The maximum atomic E-state index is 11.7. The summed E-state index contributed by atoms with van der Waals surface area (Å²) < 4.78 is 24.8. The lowest BCUT2D eigenvalue weighted by Crippen LogP contribution is -2.40. The fourth-order valence-corrected chi connectivity index (χ4v) is 3.22. The molecule has 1 aliphatic carbocycles. The van der Waals surface area contributed by atoms with Gasteiger partial charge in [0.1, 0.15) is 0 Å². The van der Waals surface area contributed by atoms with Crippen LogP contribution in [0, 0.1) is 0 Å². The van der Waals surface area contributed by atoms with E-state index < -0.39 is 10.2 Å². The molecule has 15 heavy (non-hydrogen) atoms. The van der Waals surface area contributed by atoms with Gasteiger partial charge < -0.3 is 0 Å². The van der Waals surface area contributed by atoms with Gasteiger partial charge in [0.05, 0.1) is 6.10 Å². The Balaban J connectivity index is 1.81. The van der Waals surface area contributed by atoms with Gasteiger partial charge in [0.25, 0.3) is 0 Å². The Bertz CT molecular complexity index is 292. The van der Waals surface area contributed by atoms with Gasteiger partial charge in [-0.05, 0) is 25.7 Å². The zero-order valence-electron chi connectivity index (χ0n) is 8.81. The van der Waals surface area contributed by atoms with Gasteiger partial charge in [0.2, 0.25) is 0 Å². The number of nitrogens with one attached hydrogen (secondary N) is 1. The molecule has 1 saturated carbocycles. The van der Waals surface area contributed by atoms with Crippen LogP contribution in [0.25, 0.3) is 0 Å². The Hall–Kier alpha value is -0.170. The van der Waals surface area contributed by atoms with Crippen LogP contribution >= 0.6 is 0 Å². The van der Waals surface area contributed by atoms with Crippen LogP contribution < -0.4 is 4.89 Å². The molecule has 1 saturated heterocycles. The SMILES string of the molecule is O=S(=O)(NOC1CCCC1)N1CCCC1. The summed E-state index contributed by atoms with van der Waals surface area (Å²) in [5.74, 6) is 0. The van der Waals surface area contributed by atoms with Crippen molar-refractivity contribution in [3.8, 4) is 0 Å². The summed E-state index contributed by atoms with van der Waals surface area (Å²) in [5, 5.41) is 0. The highest BCUT2D eigenvalue weighted by atomic mass is 32.2. The van der Waals surface area contributed by atoms with Crippen LogP contribution in [0.5, 0.6) is 0 Å². The Labute approximate surface area is 90.9 Å². The number of hydrogen-bond donors (Lipinski definition) is 1. The van der Waals surface area contributed by atoms with Crippen molar-refractivity contribution in [2.45, 2.75) is 44.6 Å². The second-order valence-electron chi connectivity index (χ2n) is 4.22. The van der Waals surface area contributed by atoms with E-state index in [4.69, 9.17) is 4.84 Å². The van der Waals surface area contributed by atoms with Crippen molar-refractivity contribution in [1.82, 2.24) is 9.19 Å². The summed E-state index contributed by atoms with van der Waals surface area (Å²) in [6, 6.07) is 0. The van der Waals surface area contributed by atoms with Crippen LogP contribution in [0.3, 0.4) is 0 Å². The molecule has 6 heteroatoms. The van der Waals surface area contributed by atoms with Crippen molar-refractivity contribution >= 4 is 10.2 Å². The maximum absolute atomic E-state index is 11.7. The summed E-state index contributed by atoms with van der Waals surface area (Å²) in [7, 11) is -3.39. The van der Waals surface area contributed by atoms with E-state index in [1.165, 1.54) is 4.31 Å². The molecule has 2 rings (SSSR count). The van der Waals surface area contributed by atoms with Gasteiger partial charge in [0, 0.05) is 13.1 Å². The van der Waals surface area contributed by atoms with E-state index in [0.29, 0.717) is 13.1 Å². The molecule has 0 aromatic rings. The van der Waals surface area contributed by atoms with E-state index in [-0.39, 0.29) is 6.10 Å². The molecule has 1 heterocycles. The molecular formula is C9H18N2O3S. The van der Waals surface area contributed by atoms with Crippen molar-refractivity contribution in [3.05, 3.63) is 0 Å². The lowest BCUT2D eigenvalue weighted by molar-refractivity contribution is 0.0194. The maximum Gasteiger partial charge on any atom is 0.301 e. The predicted octanol–water partition coefficient (Wildman–Crippen LogP) is 0.791. The summed E-state index contributed by atoms with van der Waals surface area (Å²) in [5.41, 5.74) is 0. The summed E-state index contributed by atoms with van der Waals surface area (Å²) in [6.07, 6.45) is 6.16. The fourth-order valence-electron chi connectivity index (χ4n) is 2.12. The van der Waals surface area contributed by atoms with Crippen LogP contribution in [0.15, 0.2) is 0 Å². The lowest BCUT2D eigenvalue weighted by Gasteiger charge is -2.17. The van der Waals surface area contributed by atoms with E-state index in [2.05, 4.69) is 4.89 Å². The number of nitrogens with zero attached hydrogens (tertiary/aromatic N) is 1. The van der Waals surface area contributed by atoms with Gasteiger partial charge in [0.15, 0.2) is 0 Å². The van der Waals surface area contributed by atoms with E-state index >= 15 is 0 Å². The van der Waals surface area contributed by atoms with Gasteiger partial charge in [-0.2, -0.15) is 12.7 Å². The minimum absolute atomic E-state index is 0.0716. The first kappa shape index (κ1) is 11.3. The van der Waals surface area contributed by atoms with Gasteiger partial charge in [-0.25, -0.2) is 0 Å². The van der Waals surface area contributed by atoms with Crippen molar-refractivity contribution in [1.29, 1.82) is 0 Å². The second kappa shape index (κ2) is 4.78. The summed E-state index contributed by atoms with van der Waals surface area (Å²) in [6.45, 7) is 1.23. The predicted molar refractivity (Wildman–Crippen MR) is 56.2 cm³/mol. The molecule has 0 radical (unpaired) electrons. The molecule has 1 aliphatic heterocycles. The van der Waals surface area contributed by atoms with Gasteiger partial charge in [-0.15, -0.1) is 0 Å². The van der Waals surface area contributed by atoms with Gasteiger partial charge in [-0.3, -0.25) is 4.84 Å². The highest BCUT2D eigenvalue weighted by molar-refractivity contribution is 7.87. The molecule has 88 valence electrons. The quantitative estimate of drug-likeness (QED) is 0.732. The molecular weight excluding hydrogens is 216 g/mol. The van der Waals surface area contributed by atoms with Gasteiger partial charge >= 0.3 is 10.2 Å². The Kier molecular flexibility index (Phi) is 3.60. The van der Waals surface area contributed by atoms with Crippen LogP contribution in [-0.4, -0.2) is 31.9 Å². The minimum Gasteiger partial charge on any atom is -0.283 e. The van der Waals surface area contributed by atoms with Crippen molar-refractivity contribution < 1.29 is 13.3 Å². The third-order valence-electron chi connectivity index (χ3n) is 3.03. The molecule has 0 aromatic carbocycles. The zero-order valence-corrected chi connectivity index (χ0v) is 9.63. The monoisotopic (exact) mass is 234 g/mol. The van der Waals surface area contributed by atoms with Crippen LogP contribution in [0.4, 0.5) is 0 Å². The topological polar surface area (TPSA) is 58.6 Å². The zero-order chi connectivity index (χ0) is 10.7. The molecule has 2 aliphatic rings. The van der Waals surface area contributed by atoms with E-state index in [0.717, 1.165) is 38.5 Å². The third-order valence-corrected chi connectivity index (χ3v) is 4.38. The molecule has 0 aromatic heterocycles. The normalized spacial score (nSPS) is 25.1. The Morgan fingerprint density at radius 2 is 1.67 bits per heavy atom. The average Bonchev–Trinajstić information content (AvgIpc) is 2.88. The standard InChI is InChI=1S/C9H18N2O3S/c12-15(13,11-7-3-4-8-11)10-14-9-5-1-2-6-9/h9-10H,1-8H2. The fraction of sp³-hybridized carbons (Fsp3) is 1.00. The number of hydrogen-bond acceptors (Lipinski definition) is 3. The highest BCUT2D eigenvalue weighted by Crippen LogP contribution is 2.20. The van der Waals surface area contributed by atoms with E-state index in [9.17, 15) is 8.42 Å². The van der Waals surface area contributed by atoms with E-state index in [1.54, 1.807) is 0 Å². The highest BCUT2D eigenvalue weighted by Gasteiger charge is 2.27.